The Morgan fingerprint density at radius 1 is 1.32 bits per heavy atom. The number of amides is 1. The van der Waals surface area contributed by atoms with Crippen LogP contribution in [0.3, 0.4) is 0 Å². The Labute approximate surface area is 110 Å². The zero-order chi connectivity index (χ0) is 13.2. The molecular weight excluding hydrogens is 244 g/mol. The van der Waals surface area contributed by atoms with Gasteiger partial charge in [0, 0.05) is 38.7 Å². The molecule has 3 rings (SSSR count). The molecule has 0 unspecified atom stereocenters. The van der Waals surface area contributed by atoms with Gasteiger partial charge in [-0.2, -0.15) is 5.10 Å². The minimum absolute atomic E-state index is 0.227. The zero-order valence-corrected chi connectivity index (χ0v) is 10.9. The van der Waals surface area contributed by atoms with Crippen LogP contribution in [0.1, 0.15) is 13.3 Å². The van der Waals surface area contributed by atoms with Crippen molar-refractivity contribution in [2.24, 2.45) is 0 Å². The number of hydrogen-bond acceptors (Lipinski definition) is 5. The van der Waals surface area contributed by atoms with E-state index >= 15 is 0 Å². The van der Waals surface area contributed by atoms with Crippen molar-refractivity contribution in [3.8, 4) is 0 Å². The van der Waals surface area contributed by atoms with Crippen molar-refractivity contribution < 1.29 is 4.79 Å². The second-order valence-electron chi connectivity index (χ2n) is 4.57. The molecule has 0 radical (unpaired) electrons. The van der Waals surface area contributed by atoms with E-state index in [4.69, 9.17) is 0 Å². The minimum atomic E-state index is 0.227. The number of carbonyl (C=O) groups is 1. The van der Waals surface area contributed by atoms with E-state index in [1.807, 2.05) is 24.1 Å². The van der Waals surface area contributed by atoms with Crippen LogP contribution >= 0.6 is 0 Å². The van der Waals surface area contributed by atoms with Gasteiger partial charge in [0.2, 0.25) is 5.91 Å². The van der Waals surface area contributed by atoms with Crippen molar-refractivity contribution in [1.82, 2.24) is 24.7 Å². The van der Waals surface area contributed by atoms with Gasteiger partial charge in [0.25, 0.3) is 0 Å². The van der Waals surface area contributed by atoms with Crippen LogP contribution in [0.25, 0.3) is 5.65 Å². The van der Waals surface area contributed by atoms with Gasteiger partial charge in [-0.05, 0) is 0 Å². The van der Waals surface area contributed by atoms with E-state index in [0.717, 1.165) is 37.5 Å². The van der Waals surface area contributed by atoms with E-state index in [9.17, 15) is 4.79 Å². The zero-order valence-electron chi connectivity index (χ0n) is 10.9. The fourth-order valence-electron chi connectivity index (χ4n) is 2.32. The minimum Gasteiger partial charge on any atom is -0.367 e. The first-order valence-corrected chi connectivity index (χ1v) is 6.46. The number of rotatable bonds is 2. The van der Waals surface area contributed by atoms with Crippen LogP contribution in [0.2, 0.25) is 0 Å². The third-order valence-corrected chi connectivity index (χ3v) is 3.45. The summed E-state index contributed by atoms with van der Waals surface area (Å²) in [5.41, 5.74) is 1.77. The highest BCUT2D eigenvalue weighted by Crippen LogP contribution is 2.16. The molecule has 3 heterocycles. The second kappa shape index (κ2) is 4.83. The van der Waals surface area contributed by atoms with Crippen molar-refractivity contribution in [1.29, 1.82) is 0 Å². The smallest absolute Gasteiger partial charge is 0.222 e. The normalized spacial score (nSPS) is 16.1. The van der Waals surface area contributed by atoms with E-state index in [1.54, 1.807) is 10.8 Å². The van der Waals surface area contributed by atoms with Gasteiger partial charge >= 0.3 is 0 Å². The van der Waals surface area contributed by atoms with Gasteiger partial charge in [-0.25, -0.2) is 4.52 Å². The lowest BCUT2D eigenvalue weighted by molar-refractivity contribution is -0.131. The second-order valence-corrected chi connectivity index (χ2v) is 4.57. The Kier molecular flexibility index (Phi) is 3.02. The maximum Gasteiger partial charge on any atom is 0.222 e. The molecule has 0 aliphatic carbocycles. The van der Waals surface area contributed by atoms with Crippen molar-refractivity contribution in [2.45, 2.75) is 13.3 Å². The van der Waals surface area contributed by atoms with E-state index < -0.39 is 0 Å². The summed E-state index contributed by atoms with van der Waals surface area (Å²) in [6.07, 6.45) is 3.97. The number of hydrogen-bond donors (Lipinski definition) is 0. The average Bonchev–Trinajstić information content (AvgIpc) is 2.94. The fourth-order valence-corrected chi connectivity index (χ4v) is 2.32. The average molecular weight is 260 g/mol. The predicted octanol–water partition coefficient (Wildman–Crippen LogP) is 0.183. The highest BCUT2D eigenvalue weighted by atomic mass is 16.2. The summed E-state index contributed by atoms with van der Waals surface area (Å²) in [5.74, 6) is 0.227. The SMILES string of the molecule is CCC(=O)N1CCN(c2cnn3cnnc3c2)CC1. The number of aromatic nitrogens is 4. The van der Waals surface area contributed by atoms with Crippen LogP contribution in [-0.2, 0) is 4.79 Å². The lowest BCUT2D eigenvalue weighted by atomic mass is 10.2. The molecular formula is C12H16N6O. The molecule has 0 saturated carbocycles. The largest absolute Gasteiger partial charge is 0.367 e. The summed E-state index contributed by atoms with van der Waals surface area (Å²) in [4.78, 5) is 15.8. The summed E-state index contributed by atoms with van der Waals surface area (Å²) < 4.78 is 1.64. The number of carbonyl (C=O) groups excluding carboxylic acids is 1. The Bertz CT molecular complexity index is 587. The molecule has 0 N–H and O–H groups in total. The molecule has 100 valence electrons. The summed E-state index contributed by atoms with van der Waals surface area (Å²) in [6, 6.07) is 1.97. The topological polar surface area (TPSA) is 66.6 Å². The Morgan fingerprint density at radius 3 is 2.84 bits per heavy atom. The van der Waals surface area contributed by atoms with Crippen LogP contribution < -0.4 is 4.90 Å². The van der Waals surface area contributed by atoms with Crippen LogP contribution in [0, 0.1) is 0 Å². The number of fused-ring (bicyclic) bond motifs is 1. The third kappa shape index (κ3) is 2.23. The highest BCUT2D eigenvalue weighted by Gasteiger charge is 2.20. The predicted molar refractivity (Wildman–Crippen MR) is 69.9 cm³/mol. The van der Waals surface area contributed by atoms with Crippen molar-refractivity contribution >= 4 is 17.2 Å². The summed E-state index contributed by atoms with van der Waals surface area (Å²) in [7, 11) is 0. The Balaban J connectivity index is 1.72. The molecule has 7 heteroatoms. The van der Waals surface area contributed by atoms with Crippen LogP contribution in [0.4, 0.5) is 5.69 Å². The van der Waals surface area contributed by atoms with Crippen LogP contribution in [-0.4, -0.2) is 56.8 Å². The molecule has 0 atom stereocenters. The number of nitrogens with zero attached hydrogens (tertiary/aromatic N) is 6. The molecule has 19 heavy (non-hydrogen) atoms. The molecule has 1 aliphatic heterocycles. The quantitative estimate of drug-likeness (QED) is 0.770. The summed E-state index contributed by atoms with van der Waals surface area (Å²) in [5, 5.41) is 12.1. The standard InChI is InChI=1S/C12H16N6O/c1-2-12(19)17-5-3-16(4-6-17)10-7-11-15-13-9-18(11)14-8-10/h7-9H,2-6H2,1H3. The van der Waals surface area contributed by atoms with E-state index in [-0.39, 0.29) is 5.91 Å². The molecule has 1 aliphatic rings. The first-order chi connectivity index (χ1) is 9.28. The van der Waals surface area contributed by atoms with Gasteiger partial charge < -0.3 is 9.80 Å². The van der Waals surface area contributed by atoms with Crippen LogP contribution in [0.5, 0.6) is 0 Å². The van der Waals surface area contributed by atoms with Gasteiger partial charge in [0.1, 0.15) is 6.33 Å². The van der Waals surface area contributed by atoms with E-state index in [2.05, 4.69) is 20.2 Å². The van der Waals surface area contributed by atoms with Crippen LogP contribution in [0.15, 0.2) is 18.6 Å². The fraction of sp³-hybridized carbons (Fsp3) is 0.500. The first kappa shape index (κ1) is 11.9. The maximum atomic E-state index is 11.6. The molecule has 0 bridgehead atoms. The Hall–Kier alpha value is -2.18. The van der Waals surface area contributed by atoms with Gasteiger partial charge in [-0.3, -0.25) is 4.79 Å². The lowest BCUT2D eigenvalue weighted by Crippen LogP contribution is -2.48. The first-order valence-electron chi connectivity index (χ1n) is 6.46. The highest BCUT2D eigenvalue weighted by molar-refractivity contribution is 5.76. The summed E-state index contributed by atoms with van der Waals surface area (Å²) in [6.45, 7) is 5.10. The van der Waals surface area contributed by atoms with Crippen molar-refractivity contribution in [3.63, 3.8) is 0 Å². The summed E-state index contributed by atoms with van der Waals surface area (Å²) >= 11 is 0. The molecule has 1 amide bonds. The third-order valence-electron chi connectivity index (χ3n) is 3.45. The van der Waals surface area contributed by atoms with Crippen molar-refractivity contribution in [3.05, 3.63) is 18.6 Å². The lowest BCUT2D eigenvalue weighted by Gasteiger charge is -2.35. The van der Waals surface area contributed by atoms with Gasteiger partial charge in [-0.15, -0.1) is 10.2 Å². The molecule has 7 nitrogen and oxygen atoms in total. The molecule has 1 saturated heterocycles. The monoisotopic (exact) mass is 260 g/mol. The van der Waals surface area contributed by atoms with Crippen molar-refractivity contribution in [2.75, 3.05) is 31.1 Å². The maximum absolute atomic E-state index is 11.6. The molecule has 0 aromatic carbocycles. The van der Waals surface area contributed by atoms with E-state index in [0.29, 0.717) is 6.42 Å². The molecule has 2 aromatic rings. The van der Waals surface area contributed by atoms with Gasteiger partial charge in [0.15, 0.2) is 5.65 Å². The van der Waals surface area contributed by atoms with Gasteiger partial charge in [-0.1, -0.05) is 6.92 Å². The number of anilines is 1. The number of piperazine rings is 1. The molecule has 2 aromatic heterocycles. The Morgan fingerprint density at radius 2 is 2.11 bits per heavy atom. The molecule has 1 fully saturated rings. The van der Waals surface area contributed by atoms with Gasteiger partial charge in [0.05, 0.1) is 11.9 Å². The van der Waals surface area contributed by atoms with E-state index in [1.165, 1.54) is 0 Å². The molecule has 0 spiro atoms.